The molecule has 1 aromatic heterocycles. The first-order chi connectivity index (χ1) is 9.08. The first kappa shape index (κ1) is 15.9. The standard InChI is InChI=1S/C12H18Cl2N4O/c1-3-5-16-10(19)4-6-17-12-9(14)7-8(13)11(15-2)18-12/h7H,3-6H2,1-2H3,(H,16,19)(H2,15,17,18). The van der Waals surface area contributed by atoms with Crippen molar-refractivity contribution in [3.63, 3.8) is 0 Å². The Morgan fingerprint density at radius 3 is 2.58 bits per heavy atom. The van der Waals surface area contributed by atoms with Crippen LogP contribution in [0.4, 0.5) is 11.6 Å². The van der Waals surface area contributed by atoms with Gasteiger partial charge < -0.3 is 16.0 Å². The summed E-state index contributed by atoms with van der Waals surface area (Å²) in [5, 5.41) is 9.57. The zero-order valence-electron chi connectivity index (χ0n) is 11.0. The Labute approximate surface area is 123 Å². The maximum absolute atomic E-state index is 11.4. The highest BCUT2D eigenvalue weighted by molar-refractivity contribution is 6.37. The lowest BCUT2D eigenvalue weighted by Gasteiger charge is -2.10. The Morgan fingerprint density at radius 2 is 1.95 bits per heavy atom. The molecule has 1 rings (SSSR count). The number of halogens is 2. The van der Waals surface area contributed by atoms with Crippen molar-refractivity contribution in [1.82, 2.24) is 10.3 Å². The van der Waals surface area contributed by atoms with E-state index in [0.717, 1.165) is 6.42 Å². The van der Waals surface area contributed by atoms with Crippen molar-refractivity contribution in [1.29, 1.82) is 0 Å². The molecular weight excluding hydrogens is 287 g/mol. The number of nitrogens with one attached hydrogen (secondary N) is 3. The molecule has 0 atom stereocenters. The first-order valence-corrected chi connectivity index (χ1v) is 6.88. The summed E-state index contributed by atoms with van der Waals surface area (Å²) in [6, 6.07) is 1.61. The summed E-state index contributed by atoms with van der Waals surface area (Å²) in [6.07, 6.45) is 1.30. The van der Waals surface area contributed by atoms with E-state index in [9.17, 15) is 4.79 Å². The summed E-state index contributed by atoms with van der Waals surface area (Å²) in [5.41, 5.74) is 0. The van der Waals surface area contributed by atoms with Crippen molar-refractivity contribution in [3.8, 4) is 0 Å². The minimum absolute atomic E-state index is 0.00766. The number of rotatable bonds is 7. The fraction of sp³-hybridized carbons (Fsp3) is 0.500. The van der Waals surface area contributed by atoms with E-state index in [1.165, 1.54) is 0 Å². The number of nitrogens with zero attached hydrogens (tertiary/aromatic N) is 1. The molecule has 1 amide bonds. The summed E-state index contributed by atoms with van der Waals surface area (Å²) in [7, 11) is 1.73. The van der Waals surface area contributed by atoms with Crippen LogP contribution in [0, 0.1) is 0 Å². The maximum atomic E-state index is 11.4. The van der Waals surface area contributed by atoms with Gasteiger partial charge in [-0.25, -0.2) is 4.98 Å². The lowest BCUT2D eigenvalue weighted by molar-refractivity contribution is -0.120. The summed E-state index contributed by atoms with van der Waals surface area (Å²) >= 11 is 12.0. The second kappa shape index (κ2) is 8.07. The molecule has 0 aromatic carbocycles. The van der Waals surface area contributed by atoms with E-state index in [1.807, 2.05) is 6.92 Å². The van der Waals surface area contributed by atoms with E-state index >= 15 is 0 Å². The molecule has 0 fully saturated rings. The van der Waals surface area contributed by atoms with Crippen LogP contribution in [0.15, 0.2) is 6.07 Å². The van der Waals surface area contributed by atoms with E-state index < -0.39 is 0 Å². The predicted molar refractivity (Wildman–Crippen MR) is 80.2 cm³/mol. The highest BCUT2D eigenvalue weighted by atomic mass is 35.5. The van der Waals surface area contributed by atoms with Gasteiger partial charge in [-0.1, -0.05) is 30.1 Å². The minimum atomic E-state index is 0.00766. The van der Waals surface area contributed by atoms with E-state index in [1.54, 1.807) is 13.1 Å². The smallest absolute Gasteiger partial charge is 0.221 e. The zero-order valence-corrected chi connectivity index (χ0v) is 12.5. The number of carbonyl (C=O) groups excluding carboxylic acids is 1. The predicted octanol–water partition coefficient (Wildman–Crippen LogP) is 2.76. The fourth-order valence-electron chi connectivity index (χ4n) is 1.41. The van der Waals surface area contributed by atoms with Crippen LogP contribution in [0.5, 0.6) is 0 Å². The lowest BCUT2D eigenvalue weighted by atomic mass is 10.3. The van der Waals surface area contributed by atoms with Gasteiger partial charge in [-0.2, -0.15) is 0 Å². The summed E-state index contributed by atoms with van der Waals surface area (Å²) < 4.78 is 0. The van der Waals surface area contributed by atoms with Crippen LogP contribution in [-0.2, 0) is 4.79 Å². The Kier molecular flexibility index (Phi) is 6.73. The van der Waals surface area contributed by atoms with Crippen molar-refractivity contribution < 1.29 is 4.79 Å². The molecule has 0 aliphatic heterocycles. The highest BCUT2D eigenvalue weighted by Gasteiger charge is 2.08. The van der Waals surface area contributed by atoms with Crippen molar-refractivity contribution in [2.75, 3.05) is 30.8 Å². The molecule has 0 spiro atoms. The number of carbonyl (C=O) groups is 1. The monoisotopic (exact) mass is 304 g/mol. The molecule has 3 N–H and O–H groups in total. The van der Waals surface area contributed by atoms with E-state index in [-0.39, 0.29) is 5.91 Å². The van der Waals surface area contributed by atoms with E-state index in [0.29, 0.717) is 41.2 Å². The zero-order chi connectivity index (χ0) is 14.3. The van der Waals surface area contributed by atoms with Gasteiger partial charge in [-0.15, -0.1) is 0 Å². The molecule has 0 unspecified atom stereocenters. The third-order valence-electron chi connectivity index (χ3n) is 2.38. The number of hydrogen-bond acceptors (Lipinski definition) is 4. The van der Waals surface area contributed by atoms with Gasteiger partial charge in [0.2, 0.25) is 5.91 Å². The highest BCUT2D eigenvalue weighted by Crippen LogP contribution is 2.28. The molecule has 0 aliphatic rings. The number of amides is 1. The van der Waals surface area contributed by atoms with E-state index in [2.05, 4.69) is 20.9 Å². The average Bonchev–Trinajstić information content (AvgIpc) is 2.38. The van der Waals surface area contributed by atoms with Crippen LogP contribution in [-0.4, -0.2) is 31.0 Å². The van der Waals surface area contributed by atoms with Crippen LogP contribution < -0.4 is 16.0 Å². The molecule has 0 aliphatic carbocycles. The molecule has 1 aromatic rings. The molecular formula is C12H18Cl2N4O. The number of hydrogen-bond donors (Lipinski definition) is 3. The van der Waals surface area contributed by atoms with Gasteiger partial charge in [0.05, 0.1) is 10.0 Å². The van der Waals surface area contributed by atoms with Crippen LogP contribution >= 0.6 is 23.2 Å². The van der Waals surface area contributed by atoms with Crippen molar-refractivity contribution in [3.05, 3.63) is 16.1 Å². The second-order valence-corrected chi connectivity index (χ2v) is 4.74. The third-order valence-corrected chi connectivity index (χ3v) is 2.96. The Balaban J connectivity index is 2.51. The van der Waals surface area contributed by atoms with Gasteiger partial charge in [0.25, 0.3) is 0 Å². The van der Waals surface area contributed by atoms with Crippen molar-refractivity contribution in [2.45, 2.75) is 19.8 Å². The Hall–Kier alpha value is -1.20. The van der Waals surface area contributed by atoms with E-state index in [4.69, 9.17) is 23.2 Å². The molecule has 0 saturated heterocycles. The number of anilines is 2. The lowest BCUT2D eigenvalue weighted by Crippen LogP contribution is -2.26. The SMILES string of the molecule is CCCNC(=O)CCNc1nc(NC)c(Cl)cc1Cl. The van der Waals surface area contributed by atoms with Crippen LogP contribution in [0.25, 0.3) is 0 Å². The summed E-state index contributed by atoms with van der Waals surface area (Å²) in [4.78, 5) is 15.6. The molecule has 0 saturated carbocycles. The largest absolute Gasteiger partial charge is 0.372 e. The normalized spacial score (nSPS) is 10.1. The molecule has 106 valence electrons. The molecule has 7 heteroatoms. The molecule has 5 nitrogen and oxygen atoms in total. The second-order valence-electron chi connectivity index (χ2n) is 3.93. The van der Waals surface area contributed by atoms with Crippen molar-refractivity contribution >= 4 is 40.7 Å². The van der Waals surface area contributed by atoms with Gasteiger partial charge >= 0.3 is 0 Å². The van der Waals surface area contributed by atoms with Crippen LogP contribution in [0.3, 0.4) is 0 Å². The van der Waals surface area contributed by atoms with Crippen LogP contribution in [0.2, 0.25) is 10.0 Å². The molecule has 0 radical (unpaired) electrons. The molecule has 1 heterocycles. The first-order valence-electron chi connectivity index (χ1n) is 6.12. The summed E-state index contributed by atoms with van der Waals surface area (Å²) in [6.45, 7) is 3.17. The quantitative estimate of drug-likeness (QED) is 0.725. The Morgan fingerprint density at radius 1 is 1.26 bits per heavy atom. The molecule has 19 heavy (non-hydrogen) atoms. The minimum Gasteiger partial charge on any atom is -0.372 e. The van der Waals surface area contributed by atoms with Gasteiger partial charge in [0.1, 0.15) is 11.6 Å². The third kappa shape index (κ3) is 5.12. The van der Waals surface area contributed by atoms with Crippen molar-refractivity contribution in [2.24, 2.45) is 0 Å². The fourth-order valence-corrected chi connectivity index (χ4v) is 1.93. The molecule has 0 bridgehead atoms. The topological polar surface area (TPSA) is 66.0 Å². The summed E-state index contributed by atoms with van der Waals surface area (Å²) in [5.74, 6) is 1.07. The van der Waals surface area contributed by atoms with Gasteiger partial charge in [-0.3, -0.25) is 4.79 Å². The number of aromatic nitrogens is 1. The van der Waals surface area contributed by atoms with Gasteiger partial charge in [-0.05, 0) is 12.5 Å². The van der Waals surface area contributed by atoms with Gasteiger partial charge in [0, 0.05) is 26.6 Å². The van der Waals surface area contributed by atoms with Crippen LogP contribution in [0.1, 0.15) is 19.8 Å². The average molecular weight is 305 g/mol. The Bertz CT molecular complexity index is 440. The maximum Gasteiger partial charge on any atom is 0.221 e. The van der Waals surface area contributed by atoms with Gasteiger partial charge in [0.15, 0.2) is 0 Å². The number of pyridine rings is 1.